The second kappa shape index (κ2) is 7.30. The lowest BCUT2D eigenvalue weighted by Crippen LogP contribution is -2.30. The Morgan fingerprint density at radius 2 is 1.96 bits per heavy atom. The molecule has 1 atom stereocenters. The highest BCUT2D eigenvalue weighted by atomic mass is 16.6. The molecule has 3 rings (SSSR count). The fourth-order valence-corrected chi connectivity index (χ4v) is 3.28. The normalized spacial score (nSPS) is 12.0. The van der Waals surface area contributed by atoms with Gasteiger partial charge in [0.2, 0.25) is 0 Å². The van der Waals surface area contributed by atoms with Crippen molar-refractivity contribution in [3.05, 3.63) is 74.8 Å². The van der Waals surface area contributed by atoms with Gasteiger partial charge in [0, 0.05) is 36.6 Å². The first-order valence-corrected chi connectivity index (χ1v) is 8.85. The zero-order chi connectivity index (χ0) is 20.6. The summed E-state index contributed by atoms with van der Waals surface area (Å²) >= 11 is 0. The van der Waals surface area contributed by atoms with Gasteiger partial charge >= 0.3 is 0 Å². The van der Waals surface area contributed by atoms with E-state index in [2.05, 4.69) is 5.16 Å². The van der Waals surface area contributed by atoms with Crippen molar-refractivity contribution < 1.29 is 14.2 Å². The van der Waals surface area contributed by atoms with Crippen molar-refractivity contribution in [3.63, 3.8) is 0 Å². The van der Waals surface area contributed by atoms with Gasteiger partial charge in [-0.2, -0.15) is 0 Å². The van der Waals surface area contributed by atoms with E-state index in [1.54, 1.807) is 24.1 Å². The molecule has 0 spiro atoms. The number of carbonyl (C=O) groups is 1. The topological polar surface area (TPSA) is 94.4 Å². The molecule has 0 aliphatic carbocycles. The van der Waals surface area contributed by atoms with Crippen molar-refractivity contribution in [2.24, 2.45) is 0 Å². The third kappa shape index (κ3) is 3.40. The molecule has 146 valence electrons. The molecule has 2 heterocycles. The van der Waals surface area contributed by atoms with Gasteiger partial charge in [0.1, 0.15) is 5.76 Å². The van der Waals surface area contributed by atoms with Crippen LogP contribution in [0.2, 0.25) is 0 Å². The number of amides is 1. The Bertz CT molecular complexity index is 1050. The van der Waals surface area contributed by atoms with Crippen LogP contribution in [0.3, 0.4) is 0 Å². The van der Waals surface area contributed by atoms with Crippen molar-refractivity contribution >= 4 is 11.6 Å². The van der Waals surface area contributed by atoms with Crippen LogP contribution in [0.25, 0.3) is 5.82 Å². The second-order valence-electron chi connectivity index (χ2n) is 6.86. The summed E-state index contributed by atoms with van der Waals surface area (Å²) in [7, 11) is 1.69. The van der Waals surface area contributed by atoms with E-state index >= 15 is 0 Å². The number of nitro benzene ring substituents is 1. The standard InChI is InChI=1S/C20H22N4O4/c1-12-9-18(15(4)23(12)19-10-13(2)28-21-19)20(25)22(5)14(3)16-7-6-8-17(11-16)24(26)27/h6-11,14H,1-5H3. The first-order chi connectivity index (χ1) is 13.2. The van der Waals surface area contributed by atoms with Crippen LogP contribution in [0.1, 0.15) is 46.0 Å². The summed E-state index contributed by atoms with van der Waals surface area (Å²) in [6, 6.07) is 9.64. The predicted molar refractivity (Wildman–Crippen MR) is 104 cm³/mol. The van der Waals surface area contributed by atoms with E-state index in [4.69, 9.17) is 4.52 Å². The largest absolute Gasteiger partial charge is 0.360 e. The lowest BCUT2D eigenvalue weighted by atomic mass is 10.1. The molecule has 0 aliphatic rings. The summed E-state index contributed by atoms with van der Waals surface area (Å²) in [6.07, 6.45) is 0. The van der Waals surface area contributed by atoms with Crippen molar-refractivity contribution in [3.8, 4) is 5.82 Å². The molecule has 0 N–H and O–H groups in total. The first kappa shape index (κ1) is 19.3. The maximum absolute atomic E-state index is 13.1. The molecule has 1 aromatic carbocycles. The molecule has 3 aromatic rings. The highest BCUT2D eigenvalue weighted by Gasteiger charge is 2.25. The second-order valence-corrected chi connectivity index (χ2v) is 6.86. The molecule has 0 saturated heterocycles. The molecule has 0 fully saturated rings. The summed E-state index contributed by atoms with van der Waals surface area (Å²) in [5.41, 5.74) is 2.88. The van der Waals surface area contributed by atoms with Crippen LogP contribution in [0.4, 0.5) is 5.69 Å². The summed E-state index contributed by atoms with van der Waals surface area (Å²) in [5, 5.41) is 15.1. The van der Waals surface area contributed by atoms with Gasteiger partial charge in [0.15, 0.2) is 5.82 Å². The minimum atomic E-state index is -0.439. The van der Waals surface area contributed by atoms with Crippen LogP contribution in [0, 0.1) is 30.9 Å². The average molecular weight is 382 g/mol. The summed E-state index contributed by atoms with van der Waals surface area (Å²) in [5.74, 6) is 1.14. The lowest BCUT2D eigenvalue weighted by Gasteiger charge is -2.25. The van der Waals surface area contributed by atoms with Gasteiger partial charge in [-0.05, 0) is 39.3 Å². The van der Waals surface area contributed by atoms with Gasteiger partial charge < -0.3 is 9.42 Å². The van der Waals surface area contributed by atoms with E-state index in [9.17, 15) is 14.9 Å². The van der Waals surface area contributed by atoms with Crippen molar-refractivity contribution in [1.29, 1.82) is 0 Å². The maximum atomic E-state index is 13.1. The van der Waals surface area contributed by atoms with Gasteiger partial charge in [-0.15, -0.1) is 0 Å². The number of nitrogens with zero attached hydrogens (tertiary/aromatic N) is 4. The lowest BCUT2D eigenvalue weighted by molar-refractivity contribution is -0.384. The van der Waals surface area contributed by atoms with Crippen molar-refractivity contribution in [2.45, 2.75) is 33.7 Å². The predicted octanol–water partition coefficient (Wildman–Crippen LogP) is 4.13. The Balaban J connectivity index is 1.91. The van der Waals surface area contributed by atoms with Crippen LogP contribution in [-0.4, -0.2) is 32.5 Å². The Hall–Kier alpha value is -3.42. The third-order valence-corrected chi connectivity index (χ3v) is 4.97. The molecular weight excluding hydrogens is 360 g/mol. The third-order valence-electron chi connectivity index (χ3n) is 4.97. The number of rotatable bonds is 5. The smallest absolute Gasteiger partial charge is 0.269 e. The molecule has 0 saturated carbocycles. The molecule has 0 bridgehead atoms. The van der Waals surface area contributed by atoms with Crippen molar-refractivity contribution in [2.75, 3.05) is 7.05 Å². The van der Waals surface area contributed by atoms with Crippen LogP contribution in [0.5, 0.6) is 0 Å². The fourth-order valence-electron chi connectivity index (χ4n) is 3.28. The maximum Gasteiger partial charge on any atom is 0.269 e. The quantitative estimate of drug-likeness (QED) is 0.488. The van der Waals surface area contributed by atoms with E-state index in [-0.39, 0.29) is 17.6 Å². The Labute approximate surface area is 162 Å². The zero-order valence-electron chi connectivity index (χ0n) is 16.5. The molecule has 1 amide bonds. The summed E-state index contributed by atoms with van der Waals surface area (Å²) < 4.78 is 7.02. The van der Waals surface area contributed by atoms with Crippen molar-refractivity contribution in [1.82, 2.24) is 14.6 Å². The molecule has 0 radical (unpaired) electrons. The van der Waals surface area contributed by atoms with E-state index < -0.39 is 4.92 Å². The molecule has 2 aromatic heterocycles. The molecular formula is C20H22N4O4. The average Bonchev–Trinajstić information content (AvgIpc) is 3.22. The number of hydrogen-bond acceptors (Lipinski definition) is 5. The fraction of sp³-hybridized carbons (Fsp3) is 0.300. The monoisotopic (exact) mass is 382 g/mol. The van der Waals surface area contributed by atoms with Crippen LogP contribution in [-0.2, 0) is 0 Å². The van der Waals surface area contributed by atoms with E-state index in [1.807, 2.05) is 44.4 Å². The van der Waals surface area contributed by atoms with E-state index in [0.717, 1.165) is 11.4 Å². The van der Waals surface area contributed by atoms with Gasteiger partial charge in [-0.3, -0.25) is 19.5 Å². The number of aromatic nitrogens is 2. The van der Waals surface area contributed by atoms with Gasteiger partial charge in [0.25, 0.3) is 11.6 Å². The molecule has 28 heavy (non-hydrogen) atoms. The van der Waals surface area contributed by atoms with Gasteiger partial charge in [0.05, 0.1) is 16.5 Å². The summed E-state index contributed by atoms with van der Waals surface area (Å²) in [6.45, 7) is 7.41. The van der Waals surface area contributed by atoms with E-state index in [1.165, 1.54) is 12.1 Å². The number of carbonyl (C=O) groups excluding carboxylic acids is 1. The number of hydrogen-bond donors (Lipinski definition) is 0. The van der Waals surface area contributed by atoms with Gasteiger partial charge in [-0.1, -0.05) is 17.3 Å². The first-order valence-electron chi connectivity index (χ1n) is 8.85. The molecule has 8 heteroatoms. The Morgan fingerprint density at radius 3 is 2.57 bits per heavy atom. The number of nitro groups is 1. The van der Waals surface area contributed by atoms with E-state index in [0.29, 0.717) is 22.7 Å². The highest BCUT2D eigenvalue weighted by Crippen LogP contribution is 2.27. The Morgan fingerprint density at radius 1 is 1.25 bits per heavy atom. The highest BCUT2D eigenvalue weighted by molar-refractivity contribution is 5.96. The molecule has 1 unspecified atom stereocenters. The minimum absolute atomic E-state index is 0.00442. The molecule has 8 nitrogen and oxygen atoms in total. The zero-order valence-corrected chi connectivity index (χ0v) is 16.5. The van der Waals surface area contributed by atoms with Crippen LogP contribution in [0.15, 0.2) is 40.9 Å². The minimum Gasteiger partial charge on any atom is -0.360 e. The molecule has 0 aliphatic heterocycles. The number of aryl methyl sites for hydroxylation is 2. The van der Waals surface area contributed by atoms with Crippen LogP contribution >= 0.6 is 0 Å². The number of benzene rings is 1. The van der Waals surface area contributed by atoms with Crippen LogP contribution < -0.4 is 0 Å². The summed E-state index contributed by atoms with van der Waals surface area (Å²) in [4.78, 5) is 25.3. The Kier molecular flexibility index (Phi) is 5.04. The number of non-ortho nitro benzene ring substituents is 1. The van der Waals surface area contributed by atoms with Gasteiger partial charge in [-0.25, -0.2) is 0 Å². The SMILES string of the molecule is Cc1cc(-n2c(C)cc(C(=O)N(C)C(C)c3cccc([N+](=O)[O-])c3)c2C)no1.